The van der Waals surface area contributed by atoms with Gasteiger partial charge in [-0.25, -0.2) is 0 Å². The summed E-state index contributed by atoms with van der Waals surface area (Å²) in [4.78, 5) is 0. The minimum atomic E-state index is -1.22. The van der Waals surface area contributed by atoms with Gasteiger partial charge in [0.2, 0.25) is 0 Å². The second-order valence-corrected chi connectivity index (χ2v) is 2.73. The van der Waals surface area contributed by atoms with E-state index in [-0.39, 0.29) is 31.7 Å². The zero-order valence-electron chi connectivity index (χ0n) is 5.56. The van der Waals surface area contributed by atoms with E-state index in [0.29, 0.717) is 0 Å². The maximum Gasteiger partial charge on any atom is 0.0986 e. The van der Waals surface area contributed by atoms with Gasteiger partial charge in [0.05, 0.1) is 12.2 Å². The Morgan fingerprint density at radius 1 is 1.00 bits per heavy atom. The highest BCUT2D eigenvalue weighted by Gasteiger charge is 2.62. The molecule has 4 N–H and O–H groups in total. The van der Waals surface area contributed by atoms with Crippen LogP contribution in [0, 0.1) is 11.8 Å². The van der Waals surface area contributed by atoms with Crippen molar-refractivity contribution in [3.8, 4) is 0 Å². The smallest absolute Gasteiger partial charge is 0.0986 e. The Bertz CT molecular complexity index is 115. The maximum absolute atomic E-state index is 9.29. The molecule has 0 aromatic rings. The first-order valence-corrected chi connectivity index (χ1v) is 3.25. The Labute approximate surface area is 58.7 Å². The zero-order valence-corrected chi connectivity index (χ0v) is 5.56. The minimum Gasteiger partial charge on any atom is -0.396 e. The van der Waals surface area contributed by atoms with Crippen molar-refractivity contribution in [3.63, 3.8) is 0 Å². The van der Waals surface area contributed by atoms with Crippen LogP contribution < -0.4 is 0 Å². The summed E-state index contributed by atoms with van der Waals surface area (Å²) in [5, 5.41) is 35.1. The second-order valence-electron chi connectivity index (χ2n) is 2.73. The molecule has 60 valence electrons. The average molecular weight is 148 g/mol. The number of hydrogen-bond donors (Lipinski definition) is 4. The van der Waals surface area contributed by atoms with Crippen molar-refractivity contribution in [2.75, 3.05) is 19.8 Å². The predicted molar refractivity (Wildman–Crippen MR) is 33.2 cm³/mol. The molecule has 4 nitrogen and oxygen atoms in total. The highest BCUT2D eigenvalue weighted by Crippen LogP contribution is 2.49. The van der Waals surface area contributed by atoms with Crippen molar-refractivity contribution in [3.05, 3.63) is 0 Å². The fourth-order valence-corrected chi connectivity index (χ4v) is 1.39. The topological polar surface area (TPSA) is 80.9 Å². The van der Waals surface area contributed by atoms with E-state index in [9.17, 15) is 5.11 Å². The van der Waals surface area contributed by atoms with Gasteiger partial charge in [-0.3, -0.25) is 0 Å². The molecule has 0 spiro atoms. The molecule has 0 heterocycles. The van der Waals surface area contributed by atoms with Gasteiger partial charge >= 0.3 is 0 Å². The summed E-state index contributed by atoms with van der Waals surface area (Å²) < 4.78 is 0. The lowest BCUT2D eigenvalue weighted by Crippen LogP contribution is -2.20. The largest absolute Gasteiger partial charge is 0.396 e. The van der Waals surface area contributed by atoms with Gasteiger partial charge < -0.3 is 20.4 Å². The van der Waals surface area contributed by atoms with Crippen LogP contribution >= 0.6 is 0 Å². The van der Waals surface area contributed by atoms with Crippen LogP contribution in [-0.4, -0.2) is 45.8 Å². The molecule has 4 heteroatoms. The van der Waals surface area contributed by atoms with Crippen LogP contribution in [-0.2, 0) is 0 Å². The molecule has 0 saturated heterocycles. The van der Waals surface area contributed by atoms with E-state index in [1.54, 1.807) is 0 Å². The molecule has 0 bridgehead atoms. The summed E-state index contributed by atoms with van der Waals surface area (Å²) in [7, 11) is 0. The lowest BCUT2D eigenvalue weighted by Gasteiger charge is -2.03. The predicted octanol–water partition coefficient (Wildman–Crippen LogP) is -2.06. The second kappa shape index (κ2) is 2.47. The van der Waals surface area contributed by atoms with Crippen LogP contribution in [0.15, 0.2) is 0 Å². The molecule has 1 saturated carbocycles. The fraction of sp³-hybridized carbons (Fsp3) is 1.00. The van der Waals surface area contributed by atoms with Gasteiger partial charge in [0, 0.05) is 25.0 Å². The molecule has 0 amide bonds. The van der Waals surface area contributed by atoms with Crippen molar-refractivity contribution < 1.29 is 20.4 Å². The number of hydrogen-bond acceptors (Lipinski definition) is 4. The standard InChI is InChI=1S/C6H12O4/c7-1-4-5(2-8)6(4,10)3-9/h4-5,7-10H,1-3H2/t4-,5+,6?. The average Bonchev–Trinajstić information content (AvgIpc) is 2.56. The normalized spacial score (nSPS) is 45.6. The third-order valence-electron chi connectivity index (χ3n) is 2.31. The van der Waals surface area contributed by atoms with Gasteiger partial charge in [0.1, 0.15) is 0 Å². The minimum absolute atomic E-state index is 0.178. The molecule has 1 rings (SSSR count). The van der Waals surface area contributed by atoms with Crippen molar-refractivity contribution >= 4 is 0 Å². The van der Waals surface area contributed by atoms with Crippen LogP contribution in [0.5, 0.6) is 0 Å². The number of aliphatic hydroxyl groups is 4. The van der Waals surface area contributed by atoms with E-state index >= 15 is 0 Å². The van der Waals surface area contributed by atoms with Crippen molar-refractivity contribution in [2.45, 2.75) is 5.60 Å². The Kier molecular flexibility index (Phi) is 1.96. The summed E-state index contributed by atoms with van der Waals surface area (Å²) in [5.41, 5.74) is -1.22. The molecule has 1 unspecified atom stereocenters. The van der Waals surface area contributed by atoms with Gasteiger partial charge in [0.25, 0.3) is 0 Å². The monoisotopic (exact) mass is 148 g/mol. The van der Waals surface area contributed by atoms with E-state index in [1.165, 1.54) is 0 Å². The van der Waals surface area contributed by atoms with Crippen LogP contribution in [0.1, 0.15) is 0 Å². The molecule has 0 aromatic carbocycles. The maximum atomic E-state index is 9.29. The molecular formula is C6H12O4. The van der Waals surface area contributed by atoms with Gasteiger partial charge in [-0.1, -0.05) is 0 Å². The first-order valence-electron chi connectivity index (χ1n) is 3.25. The van der Waals surface area contributed by atoms with Crippen LogP contribution in [0.25, 0.3) is 0 Å². The molecule has 0 aromatic heterocycles. The highest BCUT2D eigenvalue weighted by atomic mass is 16.3. The van der Waals surface area contributed by atoms with E-state index in [4.69, 9.17) is 15.3 Å². The van der Waals surface area contributed by atoms with Crippen LogP contribution in [0.3, 0.4) is 0 Å². The summed E-state index contributed by atoms with van der Waals surface area (Å²) in [5.74, 6) is -0.690. The SMILES string of the molecule is OC[C@@H]1[C@H](CO)C1(O)CO. The summed E-state index contributed by atoms with van der Waals surface area (Å²) in [6.45, 7) is -0.742. The lowest BCUT2D eigenvalue weighted by molar-refractivity contribution is 0.0358. The number of aliphatic hydroxyl groups excluding tert-OH is 3. The van der Waals surface area contributed by atoms with Gasteiger partial charge in [-0.2, -0.15) is 0 Å². The Balaban J connectivity index is 2.50. The van der Waals surface area contributed by atoms with Crippen molar-refractivity contribution in [1.82, 2.24) is 0 Å². The fourth-order valence-electron chi connectivity index (χ4n) is 1.39. The molecule has 0 aliphatic heterocycles. The third-order valence-corrected chi connectivity index (χ3v) is 2.31. The Hall–Kier alpha value is -0.160. The van der Waals surface area contributed by atoms with Gasteiger partial charge in [0.15, 0.2) is 0 Å². The molecular weight excluding hydrogens is 136 g/mol. The zero-order chi connectivity index (χ0) is 7.78. The summed E-state index contributed by atoms with van der Waals surface area (Å²) in [6, 6.07) is 0. The van der Waals surface area contributed by atoms with Gasteiger partial charge in [-0.05, 0) is 0 Å². The van der Waals surface area contributed by atoms with Crippen LogP contribution in [0.2, 0.25) is 0 Å². The summed E-state index contributed by atoms with van der Waals surface area (Å²) in [6.07, 6.45) is 0. The van der Waals surface area contributed by atoms with E-state index < -0.39 is 5.60 Å². The van der Waals surface area contributed by atoms with Crippen molar-refractivity contribution in [1.29, 1.82) is 0 Å². The van der Waals surface area contributed by atoms with E-state index in [0.717, 1.165) is 0 Å². The van der Waals surface area contributed by atoms with E-state index in [1.807, 2.05) is 0 Å². The molecule has 10 heavy (non-hydrogen) atoms. The number of rotatable bonds is 3. The third kappa shape index (κ3) is 0.845. The lowest BCUT2D eigenvalue weighted by atomic mass is 10.3. The van der Waals surface area contributed by atoms with E-state index in [2.05, 4.69) is 0 Å². The highest BCUT2D eigenvalue weighted by molar-refractivity contribution is 5.11. The molecule has 0 radical (unpaired) electrons. The van der Waals surface area contributed by atoms with Gasteiger partial charge in [-0.15, -0.1) is 0 Å². The van der Waals surface area contributed by atoms with Crippen molar-refractivity contribution in [2.24, 2.45) is 11.8 Å². The Morgan fingerprint density at radius 2 is 1.40 bits per heavy atom. The first kappa shape index (κ1) is 7.94. The molecule has 1 aliphatic carbocycles. The first-order chi connectivity index (χ1) is 4.70. The van der Waals surface area contributed by atoms with Crippen LogP contribution in [0.4, 0.5) is 0 Å². The molecule has 3 atom stereocenters. The Morgan fingerprint density at radius 3 is 1.50 bits per heavy atom. The molecule has 1 aliphatic rings. The quantitative estimate of drug-likeness (QED) is 0.371. The molecule has 1 fully saturated rings. The summed E-state index contributed by atoms with van der Waals surface area (Å²) >= 11 is 0.